The molecule has 0 spiro atoms. The van der Waals surface area contributed by atoms with Crippen LogP contribution in [0.3, 0.4) is 0 Å². The van der Waals surface area contributed by atoms with E-state index in [-0.39, 0.29) is 0 Å². The molecule has 0 saturated heterocycles. The van der Waals surface area contributed by atoms with Crippen LogP contribution in [-0.2, 0) is 14.3 Å². The zero-order valence-electron chi connectivity index (χ0n) is 16.7. The molecule has 0 aliphatic heterocycles. The highest BCUT2D eigenvalue weighted by Crippen LogP contribution is 2.29. The van der Waals surface area contributed by atoms with Crippen molar-refractivity contribution in [3.63, 3.8) is 0 Å². The number of amides is 1. The van der Waals surface area contributed by atoms with Crippen molar-refractivity contribution in [1.82, 2.24) is 0 Å². The van der Waals surface area contributed by atoms with E-state index in [1.54, 1.807) is 49.4 Å². The summed E-state index contributed by atoms with van der Waals surface area (Å²) >= 11 is 6.02. The molecule has 1 amide bonds. The predicted octanol–water partition coefficient (Wildman–Crippen LogP) is 4.64. The Hall–Kier alpha value is -2.99. The van der Waals surface area contributed by atoms with Crippen LogP contribution in [0.15, 0.2) is 42.5 Å². The van der Waals surface area contributed by atoms with Gasteiger partial charge in [0, 0.05) is 16.8 Å². The Morgan fingerprint density at radius 1 is 1.07 bits per heavy atom. The quantitative estimate of drug-likeness (QED) is 0.475. The summed E-state index contributed by atoms with van der Waals surface area (Å²) in [6.07, 6.45) is 2.84. The number of benzene rings is 2. The van der Waals surface area contributed by atoms with Crippen molar-refractivity contribution in [2.24, 2.45) is 0 Å². The van der Waals surface area contributed by atoms with Gasteiger partial charge in [0.1, 0.15) is 0 Å². The van der Waals surface area contributed by atoms with Gasteiger partial charge in [0.05, 0.1) is 13.2 Å². The maximum absolute atomic E-state index is 12.0. The van der Waals surface area contributed by atoms with Crippen LogP contribution in [0.25, 0.3) is 6.08 Å². The first kappa shape index (κ1) is 22.3. The number of anilines is 1. The number of carbonyl (C=O) groups excluding carboxylic acids is 2. The molecule has 0 radical (unpaired) electrons. The number of rotatable bonds is 9. The van der Waals surface area contributed by atoms with E-state index in [1.165, 1.54) is 6.08 Å². The molecule has 0 heterocycles. The molecule has 0 aromatic heterocycles. The van der Waals surface area contributed by atoms with E-state index >= 15 is 0 Å². The molecular formula is C22H24ClNO5. The van der Waals surface area contributed by atoms with Gasteiger partial charge in [-0.1, -0.05) is 23.7 Å². The van der Waals surface area contributed by atoms with Crippen molar-refractivity contribution >= 4 is 35.2 Å². The second-order valence-corrected chi connectivity index (χ2v) is 6.38. The molecule has 0 saturated carbocycles. The maximum Gasteiger partial charge on any atom is 0.331 e. The molecule has 1 N–H and O–H groups in total. The summed E-state index contributed by atoms with van der Waals surface area (Å²) in [5, 5.41) is 3.21. The number of hydrogen-bond acceptors (Lipinski definition) is 5. The summed E-state index contributed by atoms with van der Waals surface area (Å²) in [4.78, 5) is 23.9. The molecule has 0 aliphatic carbocycles. The van der Waals surface area contributed by atoms with E-state index in [1.807, 2.05) is 13.8 Å². The third kappa shape index (κ3) is 6.84. The highest BCUT2D eigenvalue weighted by Gasteiger charge is 2.09. The second kappa shape index (κ2) is 11.1. The zero-order valence-corrected chi connectivity index (χ0v) is 17.4. The van der Waals surface area contributed by atoms with Gasteiger partial charge in [0.2, 0.25) is 0 Å². The Morgan fingerprint density at radius 3 is 2.52 bits per heavy atom. The first-order chi connectivity index (χ1) is 13.9. The lowest BCUT2D eigenvalue weighted by Crippen LogP contribution is -2.20. The molecule has 0 unspecified atom stereocenters. The van der Waals surface area contributed by atoms with Crippen molar-refractivity contribution in [3.05, 3.63) is 58.6 Å². The highest BCUT2D eigenvalue weighted by atomic mass is 35.5. The standard InChI is InChI=1S/C22H24ClNO5/c1-4-27-19-11-9-16(13-20(19)28-5-2)10-12-22(26)29-14-21(25)24-18-8-6-7-17(23)15(18)3/h6-13H,4-5,14H2,1-3H3,(H,24,25)/b12-10+. The number of esters is 1. The summed E-state index contributed by atoms with van der Waals surface area (Å²) in [5.41, 5.74) is 2.06. The molecule has 2 aromatic carbocycles. The van der Waals surface area contributed by atoms with Gasteiger partial charge in [-0.25, -0.2) is 4.79 Å². The van der Waals surface area contributed by atoms with Gasteiger partial charge in [-0.15, -0.1) is 0 Å². The molecular weight excluding hydrogens is 394 g/mol. The lowest BCUT2D eigenvalue weighted by molar-refractivity contribution is -0.142. The number of halogens is 1. The minimum Gasteiger partial charge on any atom is -0.490 e. The number of hydrogen-bond donors (Lipinski definition) is 1. The van der Waals surface area contributed by atoms with Crippen LogP contribution in [0.4, 0.5) is 5.69 Å². The van der Waals surface area contributed by atoms with Gasteiger partial charge in [-0.3, -0.25) is 4.79 Å². The van der Waals surface area contributed by atoms with Crippen LogP contribution in [0.2, 0.25) is 5.02 Å². The van der Waals surface area contributed by atoms with Crippen molar-refractivity contribution in [1.29, 1.82) is 0 Å². The van der Waals surface area contributed by atoms with Crippen LogP contribution in [0.1, 0.15) is 25.0 Å². The van der Waals surface area contributed by atoms with Gasteiger partial charge in [-0.05, 0) is 62.2 Å². The van der Waals surface area contributed by atoms with Crippen molar-refractivity contribution < 1.29 is 23.8 Å². The summed E-state index contributed by atoms with van der Waals surface area (Å²) in [6.45, 7) is 6.19. The first-order valence-electron chi connectivity index (χ1n) is 9.24. The maximum atomic E-state index is 12.0. The molecule has 6 nitrogen and oxygen atoms in total. The molecule has 29 heavy (non-hydrogen) atoms. The average Bonchev–Trinajstić information content (AvgIpc) is 2.70. The Balaban J connectivity index is 1.91. The van der Waals surface area contributed by atoms with E-state index in [2.05, 4.69) is 5.32 Å². The molecule has 2 aromatic rings. The lowest BCUT2D eigenvalue weighted by Gasteiger charge is -2.11. The van der Waals surface area contributed by atoms with E-state index in [9.17, 15) is 9.59 Å². The average molecular weight is 418 g/mol. The molecule has 7 heteroatoms. The van der Waals surface area contributed by atoms with E-state index < -0.39 is 18.5 Å². The van der Waals surface area contributed by atoms with E-state index in [0.717, 1.165) is 11.1 Å². The van der Waals surface area contributed by atoms with Crippen LogP contribution in [0, 0.1) is 6.92 Å². The second-order valence-electron chi connectivity index (χ2n) is 5.97. The Bertz CT molecular complexity index is 895. The predicted molar refractivity (Wildman–Crippen MR) is 114 cm³/mol. The van der Waals surface area contributed by atoms with Gasteiger partial charge in [-0.2, -0.15) is 0 Å². The third-order valence-electron chi connectivity index (χ3n) is 3.87. The largest absolute Gasteiger partial charge is 0.490 e. The number of carbonyl (C=O) groups is 2. The first-order valence-corrected chi connectivity index (χ1v) is 9.61. The Morgan fingerprint density at radius 2 is 1.79 bits per heavy atom. The van der Waals surface area contributed by atoms with Crippen LogP contribution < -0.4 is 14.8 Å². The number of ether oxygens (including phenoxy) is 3. The Labute approximate surface area is 175 Å². The fourth-order valence-corrected chi connectivity index (χ4v) is 2.62. The summed E-state index contributed by atoms with van der Waals surface area (Å²) in [5.74, 6) is 0.162. The van der Waals surface area contributed by atoms with Gasteiger partial charge in [0.25, 0.3) is 5.91 Å². The molecule has 0 fully saturated rings. The monoisotopic (exact) mass is 417 g/mol. The van der Waals surface area contributed by atoms with E-state index in [0.29, 0.717) is 35.4 Å². The van der Waals surface area contributed by atoms with Crippen molar-refractivity contribution in [2.75, 3.05) is 25.1 Å². The Kier molecular flexibility index (Phi) is 8.55. The van der Waals surface area contributed by atoms with Gasteiger partial charge >= 0.3 is 5.97 Å². The minimum atomic E-state index is -0.630. The SMILES string of the molecule is CCOc1ccc(/C=C/C(=O)OCC(=O)Nc2cccc(Cl)c2C)cc1OCC. The van der Waals surface area contributed by atoms with Crippen molar-refractivity contribution in [3.8, 4) is 11.5 Å². The van der Waals surface area contributed by atoms with E-state index in [4.69, 9.17) is 25.8 Å². The fourth-order valence-electron chi connectivity index (χ4n) is 2.45. The van der Waals surface area contributed by atoms with Crippen molar-refractivity contribution in [2.45, 2.75) is 20.8 Å². The van der Waals surface area contributed by atoms with Gasteiger partial charge in [0.15, 0.2) is 18.1 Å². The molecule has 0 bridgehead atoms. The molecule has 2 rings (SSSR count). The third-order valence-corrected chi connectivity index (χ3v) is 4.28. The minimum absolute atomic E-state index is 0.400. The fraction of sp³-hybridized carbons (Fsp3) is 0.273. The number of nitrogens with one attached hydrogen (secondary N) is 1. The molecule has 154 valence electrons. The topological polar surface area (TPSA) is 73.9 Å². The zero-order chi connectivity index (χ0) is 21.2. The highest BCUT2D eigenvalue weighted by molar-refractivity contribution is 6.31. The summed E-state index contributed by atoms with van der Waals surface area (Å²) in [7, 11) is 0. The van der Waals surface area contributed by atoms with Crippen LogP contribution in [0.5, 0.6) is 11.5 Å². The molecule has 0 atom stereocenters. The summed E-state index contributed by atoms with van der Waals surface area (Å²) < 4.78 is 16.0. The normalized spacial score (nSPS) is 10.6. The van der Waals surface area contributed by atoms with Gasteiger partial charge < -0.3 is 19.5 Å². The van der Waals surface area contributed by atoms with Crippen LogP contribution >= 0.6 is 11.6 Å². The van der Waals surface area contributed by atoms with Crippen LogP contribution in [-0.4, -0.2) is 31.7 Å². The summed E-state index contributed by atoms with van der Waals surface area (Å²) in [6, 6.07) is 10.5. The lowest BCUT2D eigenvalue weighted by atomic mass is 10.2. The smallest absolute Gasteiger partial charge is 0.331 e. The molecule has 0 aliphatic rings.